The number of H-pyrrole nitrogens is 1. The summed E-state index contributed by atoms with van der Waals surface area (Å²) in [5.41, 5.74) is 18.1. The van der Waals surface area contributed by atoms with Crippen molar-refractivity contribution in [2.45, 2.75) is 95.4 Å². The molecule has 1 aromatic heterocycles. The molecule has 1 aromatic carbocycles. The van der Waals surface area contributed by atoms with E-state index in [1.807, 2.05) is 38.1 Å². The van der Waals surface area contributed by atoms with Crippen LogP contribution in [0.5, 0.6) is 0 Å². The number of hydrogen-bond donors (Lipinski definition) is 10. The van der Waals surface area contributed by atoms with E-state index in [-0.39, 0.29) is 38.0 Å². The standard InChI is InChI=1S/C32H48N8O9/c1-17(2)13-23(30(46)37-22(9-5-6-12-33)29(45)40-25(32(48)49)15-26(35)41)39-31(47)24(38-28(44)20(34)10-11-27(42)43)14-18-16-36-21-8-4-3-7-19(18)21/h3-4,7-8,16-17,20,22-25,36H,5-6,9-15,33-34H2,1-2H3,(H2,35,41)(H,37,46)(H,38,44)(H,39,47)(H,40,45)(H,42,43)(H,48,49)/t20-,22-,23-,24-,25-/m0/s1. The number of carboxylic acids is 2. The number of primary amides is 1. The Bertz CT molecular complexity index is 1480. The van der Waals surface area contributed by atoms with Crippen molar-refractivity contribution in [1.82, 2.24) is 26.3 Å². The zero-order chi connectivity index (χ0) is 36.7. The lowest BCUT2D eigenvalue weighted by Gasteiger charge is -2.27. The smallest absolute Gasteiger partial charge is 0.326 e. The van der Waals surface area contributed by atoms with Crippen LogP contribution in [0.3, 0.4) is 0 Å². The third kappa shape index (κ3) is 13.5. The van der Waals surface area contributed by atoms with Crippen LogP contribution in [-0.2, 0) is 40.0 Å². The Balaban J connectivity index is 2.34. The zero-order valence-corrected chi connectivity index (χ0v) is 27.7. The molecule has 17 nitrogen and oxygen atoms in total. The minimum Gasteiger partial charge on any atom is -0.481 e. The first kappa shape index (κ1) is 40.1. The molecule has 0 saturated carbocycles. The Kier molecular flexibility index (Phi) is 16.1. The van der Waals surface area contributed by atoms with E-state index in [1.165, 1.54) is 0 Å². The summed E-state index contributed by atoms with van der Waals surface area (Å²) in [4.78, 5) is 90.7. The summed E-state index contributed by atoms with van der Waals surface area (Å²) in [6.07, 6.45) is 1.57. The van der Waals surface area contributed by atoms with E-state index in [4.69, 9.17) is 22.3 Å². The monoisotopic (exact) mass is 688 g/mol. The van der Waals surface area contributed by atoms with Crippen LogP contribution in [0.25, 0.3) is 10.9 Å². The van der Waals surface area contributed by atoms with Crippen molar-refractivity contribution in [3.05, 3.63) is 36.0 Å². The Morgan fingerprint density at radius 2 is 1.39 bits per heavy atom. The van der Waals surface area contributed by atoms with E-state index in [0.29, 0.717) is 24.9 Å². The number of fused-ring (bicyclic) bond motifs is 1. The van der Waals surface area contributed by atoms with Gasteiger partial charge in [-0.05, 0) is 56.2 Å². The maximum absolute atomic E-state index is 13.8. The average molecular weight is 689 g/mol. The van der Waals surface area contributed by atoms with Crippen molar-refractivity contribution < 1.29 is 43.8 Å². The van der Waals surface area contributed by atoms with Crippen LogP contribution < -0.4 is 38.5 Å². The molecule has 5 amide bonds. The lowest BCUT2D eigenvalue weighted by molar-refractivity contribution is -0.143. The molecule has 5 atom stereocenters. The van der Waals surface area contributed by atoms with Gasteiger partial charge in [-0.2, -0.15) is 0 Å². The normalized spacial score (nSPS) is 14.2. The first-order valence-corrected chi connectivity index (χ1v) is 16.1. The average Bonchev–Trinajstić information content (AvgIpc) is 3.44. The molecule has 2 rings (SSSR count). The summed E-state index contributed by atoms with van der Waals surface area (Å²) < 4.78 is 0. The van der Waals surface area contributed by atoms with E-state index in [0.717, 1.165) is 10.9 Å². The number of carbonyl (C=O) groups excluding carboxylic acids is 5. The molecule has 0 fully saturated rings. The Morgan fingerprint density at radius 3 is 2.00 bits per heavy atom. The van der Waals surface area contributed by atoms with Gasteiger partial charge in [0.15, 0.2) is 0 Å². The fraction of sp³-hybridized carbons (Fsp3) is 0.531. The highest BCUT2D eigenvalue weighted by Gasteiger charge is 2.33. The molecule has 0 aliphatic carbocycles. The van der Waals surface area contributed by atoms with Crippen LogP contribution in [0.1, 0.15) is 64.4 Å². The summed E-state index contributed by atoms with van der Waals surface area (Å²) in [5, 5.41) is 29.4. The quantitative estimate of drug-likeness (QED) is 0.0668. The van der Waals surface area contributed by atoms with Gasteiger partial charge in [0.25, 0.3) is 0 Å². The van der Waals surface area contributed by atoms with E-state index in [2.05, 4.69) is 26.3 Å². The fourth-order valence-electron chi connectivity index (χ4n) is 5.10. The van der Waals surface area contributed by atoms with Crippen molar-refractivity contribution >= 4 is 52.4 Å². The van der Waals surface area contributed by atoms with Crippen molar-refractivity contribution in [1.29, 1.82) is 0 Å². The molecule has 17 heteroatoms. The first-order valence-electron chi connectivity index (χ1n) is 16.1. The Hall–Kier alpha value is -5.03. The second-order valence-corrected chi connectivity index (χ2v) is 12.3. The Morgan fingerprint density at radius 1 is 0.796 bits per heavy atom. The van der Waals surface area contributed by atoms with Crippen LogP contribution in [0.4, 0.5) is 0 Å². The minimum absolute atomic E-state index is 0.0101. The molecule has 270 valence electrons. The largest absolute Gasteiger partial charge is 0.481 e. The number of nitrogens with two attached hydrogens (primary N) is 3. The summed E-state index contributed by atoms with van der Waals surface area (Å²) in [7, 11) is 0. The fourth-order valence-corrected chi connectivity index (χ4v) is 5.10. The topological polar surface area (TPSA) is 302 Å². The molecule has 0 radical (unpaired) electrons. The number of aromatic nitrogens is 1. The number of aromatic amines is 1. The van der Waals surface area contributed by atoms with Crippen LogP contribution in [0.2, 0.25) is 0 Å². The number of nitrogens with one attached hydrogen (secondary N) is 5. The van der Waals surface area contributed by atoms with Crippen molar-refractivity contribution in [2.75, 3.05) is 6.54 Å². The maximum Gasteiger partial charge on any atom is 0.326 e. The molecule has 0 bridgehead atoms. The number of rotatable bonds is 22. The number of hydrogen-bond acceptors (Lipinski definition) is 9. The van der Waals surface area contributed by atoms with E-state index in [1.54, 1.807) is 6.20 Å². The molecule has 0 aliphatic rings. The number of carbonyl (C=O) groups is 7. The summed E-state index contributed by atoms with van der Waals surface area (Å²) in [6, 6.07) is 0.791. The predicted molar refractivity (Wildman–Crippen MR) is 178 cm³/mol. The summed E-state index contributed by atoms with van der Waals surface area (Å²) >= 11 is 0. The van der Waals surface area contributed by atoms with Crippen molar-refractivity contribution in [3.8, 4) is 0 Å². The van der Waals surface area contributed by atoms with Gasteiger partial charge in [0.2, 0.25) is 29.5 Å². The number of aliphatic carboxylic acids is 2. The van der Waals surface area contributed by atoms with Crippen LogP contribution in [-0.4, -0.2) is 93.4 Å². The van der Waals surface area contributed by atoms with Crippen molar-refractivity contribution in [3.63, 3.8) is 0 Å². The van der Waals surface area contributed by atoms with Crippen molar-refractivity contribution in [2.24, 2.45) is 23.1 Å². The molecule has 0 unspecified atom stereocenters. The zero-order valence-electron chi connectivity index (χ0n) is 27.7. The third-order valence-electron chi connectivity index (χ3n) is 7.68. The van der Waals surface area contributed by atoms with Gasteiger partial charge >= 0.3 is 11.9 Å². The molecule has 1 heterocycles. The van der Waals surface area contributed by atoms with Gasteiger partial charge < -0.3 is 53.7 Å². The SMILES string of the molecule is CC(C)C[C@H](NC(=O)[C@H](Cc1c[nH]c2ccccc12)NC(=O)[C@@H](N)CCC(=O)O)C(=O)N[C@@H](CCCCN)C(=O)N[C@@H](CC(N)=O)C(=O)O. The summed E-state index contributed by atoms with van der Waals surface area (Å²) in [6.45, 7) is 3.93. The molecular weight excluding hydrogens is 640 g/mol. The first-order chi connectivity index (χ1) is 23.1. The maximum atomic E-state index is 13.8. The van der Waals surface area contributed by atoms with Gasteiger partial charge in [0, 0.05) is 29.9 Å². The molecule has 13 N–H and O–H groups in total. The number of para-hydroxylation sites is 1. The number of carboxylic acid groups (broad SMARTS) is 2. The molecule has 0 saturated heterocycles. The number of amides is 5. The predicted octanol–water partition coefficient (Wildman–Crippen LogP) is -1.02. The van der Waals surface area contributed by atoms with E-state index < -0.39 is 78.1 Å². The second-order valence-electron chi connectivity index (χ2n) is 12.3. The van der Waals surface area contributed by atoms with Gasteiger partial charge in [-0.1, -0.05) is 32.0 Å². The molecule has 0 aliphatic heterocycles. The Labute approximate surface area is 283 Å². The van der Waals surface area contributed by atoms with Gasteiger partial charge in [-0.3, -0.25) is 28.8 Å². The van der Waals surface area contributed by atoms with E-state index >= 15 is 0 Å². The molecule has 2 aromatic rings. The number of benzene rings is 1. The lowest BCUT2D eigenvalue weighted by atomic mass is 9.99. The van der Waals surface area contributed by atoms with Gasteiger partial charge in [0.05, 0.1) is 12.5 Å². The molecular formula is C32H48N8O9. The second kappa shape index (κ2) is 19.7. The molecule has 0 spiro atoms. The molecule has 49 heavy (non-hydrogen) atoms. The lowest BCUT2D eigenvalue weighted by Crippen LogP contribution is -2.59. The minimum atomic E-state index is -1.62. The highest BCUT2D eigenvalue weighted by Crippen LogP contribution is 2.20. The van der Waals surface area contributed by atoms with Crippen LogP contribution in [0, 0.1) is 5.92 Å². The van der Waals surface area contributed by atoms with Gasteiger partial charge in [-0.15, -0.1) is 0 Å². The number of unbranched alkanes of at least 4 members (excludes halogenated alkanes) is 1. The third-order valence-corrected chi connectivity index (χ3v) is 7.68. The van der Waals surface area contributed by atoms with Gasteiger partial charge in [0.1, 0.15) is 24.2 Å². The van der Waals surface area contributed by atoms with Gasteiger partial charge in [-0.25, -0.2) is 4.79 Å². The van der Waals surface area contributed by atoms with E-state index in [9.17, 15) is 38.7 Å². The van der Waals surface area contributed by atoms with Crippen LogP contribution >= 0.6 is 0 Å². The highest BCUT2D eigenvalue weighted by molar-refractivity contribution is 5.96. The summed E-state index contributed by atoms with van der Waals surface area (Å²) in [5.74, 6) is -6.81. The highest BCUT2D eigenvalue weighted by atomic mass is 16.4. The van der Waals surface area contributed by atoms with Crippen LogP contribution in [0.15, 0.2) is 30.5 Å².